The van der Waals surface area contributed by atoms with Crippen LogP contribution in [-0.4, -0.2) is 4.98 Å². The number of nitriles is 1. The minimum atomic E-state index is -2.73. The summed E-state index contributed by atoms with van der Waals surface area (Å²) in [6.07, 6.45) is -2.73. The Bertz CT molecular complexity index is 421. The zero-order chi connectivity index (χ0) is 10.0. The summed E-state index contributed by atoms with van der Waals surface area (Å²) in [5.41, 5.74) is -1.38. The first-order valence-corrected chi connectivity index (χ1v) is 4.25. The summed E-state index contributed by atoms with van der Waals surface area (Å²) in [7, 11) is 0. The average molecular weight is 296 g/mol. The third-order valence-corrected chi connectivity index (χ3v) is 2.25. The van der Waals surface area contributed by atoms with Crippen molar-refractivity contribution in [3.63, 3.8) is 0 Å². The Labute approximate surface area is 85.5 Å². The van der Waals surface area contributed by atoms with Crippen molar-refractivity contribution in [2.45, 2.75) is 6.43 Å². The van der Waals surface area contributed by atoms with E-state index >= 15 is 0 Å². The van der Waals surface area contributed by atoms with Crippen molar-refractivity contribution in [2.24, 2.45) is 0 Å². The summed E-state index contributed by atoms with van der Waals surface area (Å²) in [4.78, 5) is 12.9. The van der Waals surface area contributed by atoms with E-state index in [4.69, 9.17) is 5.26 Å². The number of H-pyrrole nitrogens is 1. The molecule has 0 saturated carbocycles. The topological polar surface area (TPSA) is 56.6 Å². The molecule has 0 aliphatic carbocycles. The van der Waals surface area contributed by atoms with E-state index in [2.05, 4.69) is 0 Å². The number of nitrogens with one attached hydrogen (secondary N) is 1. The highest BCUT2D eigenvalue weighted by molar-refractivity contribution is 14.1. The number of aromatic nitrogens is 1. The summed E-state index contributed by atoms with van der Waals surface area (Å²) in [5, 5.41) is 8.41. The maximum atomic E-state index is 12.2. The molecule has 0 saturated heterocycles. The Morgan fingerprint density at radius 3 is 2.69 bits per heavy atom. The molecule has 0 aromatic carbocycles. The van der Waals surface area contributed by atoms with Gasteiger partial charge >= 0.3 is 0 Å². The van der Waals surface area contributed by atoms with Crippen molar-refractivity contribution in [3.8, 4) is 6.07 Å². The summed E-state index contributed by atoms with van der Waals surface area (Å²) >= 11 is 1.64. The normalized spacial score (nSPS) is 10.1. The fraction of sp³-hybridized carbons (Fsp3) is 0.143. The quantitative estimate of drug-likeness (QED) is 0.803. The van der Waals surface area contributed by atoms with Gasteiger partial charge in [0, 0.05) is 3.57 Å². The molecule has 0 aliphatic rings. The van der Waals surface area contributed by atoms with Crippen LogP contribution in [0.1, 0.15) is 17.7 Å². The SMILES string of the molecule is N#Cc1cc(I)c(C(F)F)[nH]c1=O. The van der Waals surface area contributed by atoms with Gasteiger partial charge in [-0.15, -0.1) is 0 Å². The van der Waals surface area contributed by atoms with Crippen LogP contribution in [0.25, 0.3) is 0 Å². The lowest BCUT2D eigenvalue weighted by Gasteiger charge is -2.01. The Morgan fingerprint density at radius 2 is 2.23 bits per heavy atom. The summed E-state index contributed by atoms with van der Waals surface area (Å²) in [6.45, 7) is 0. The number of pyridine rings is 1. The van der Waals surface area contributed by atoms with Gasteiger partial charge in [0.1, 0.15) is 11.6 Å². The van der Waals surface area contributed by atoms with E-state index in [1.54, 1.807) is 28.7 Å². The molecule has 68 valence electrons. The summed E-state index contributed by atoms with van der Waals surface area (Å²) in [5.74, 6) is 0. The summed E-state index contributed by atoms with van der Waals surface area (Å²) < 4.78 is 24.6. The highest BCUT2D eigenvalue weighted by Crippen LogP contribution is 2.20. The molecule has 1 aromatic heterocycles. The average Bonchev–Trinajstić information content (AvgIpc) is 2.07. The van der Waals surface area contributed by atoms with E-state index < -0.39 is 17.7 Å². The molecule has 0 radical (unpaired) electrons. The van der Waals surface area contributed by atoms with Crippen molar-refractivity contribution in [3.05, 3.63) is 31.2 Å². The third-order valence-electron chi connectivity index (χ3n) is 1.36. The molecule has 6 heteroatoms. The van der Waals surface area contributed by atoms with E-state index in [1.807, 2.05) is 4.98 Å². The Kier molecular flexibility index (Phi) is 2.98. The van der Waals surface area contributed by atoms with Gasteiger partial charge in [-0.2, -0.15) is 5.26 Å². The minimum Gasteiger partial charge on any atom is -0.319 e. The molecular weight excluding hydrogens is 293 g/mol. The number of halogens is 3. The van der Waals surface area contributed by atoms with Gasteiger partial charge in [-0.1, -0.05) is 0 Å². The van der Waals surface area contributed by atoms with E-state index in [9.17, 15) is 13.6 Å². The monoisotopic (exact) mass is 296 g/mol. The maximum absolute atomic E-state index is 12.2. The van der Waals surface area contributed by atoms with Crippen LogP contribution < -0.4 is 5.56 Å². The van der Waals surface area contributed by atoms with Gasteiger partial charge < -0.3 is 4.98 Å². The van der Waals surface area contributed by atoms with E-state index in [0.29, 0.717) is 0 Å². The maximum Gasteiger partial charge on any atom is 0.279 e. The van der Waals surface area contributed by atoms with E-state index in [0.717, 1.165) is 6.07 Å². The first-order chi connectivity index (χ1) is 6.06. The van der Waals surface area contributed by atoms with Crippen LogP contribution in [0, 0.1) is 14.9 Å². The molecule has 0 aliphatic heterocycles. The zero-order valence-electron chi connectivity index (χ0n) is 6.14. The molecule has 1 heterocycles. The molecule has 0 atom stereocenters. The van der Waals surface area contributed by atoms with Gasteiger partial charge in [0.2, 0.25) is 0 Å². The second-order valence-corrected chi connectivity index (χ2v) is 3.35. The van der Waals surface area contributed by atoms with Crippen LogP contribution in [0.5, 0.6) is 0 Å². The Hall–Kier alpha value is -0.970. The molecule has 1 aromatic rings. The van der Waals surface area contributed by atoms with Gasteiger partial charge in [-0.25, -0.2) is 8.78 Å². The molecule has 1 N–H and O–H groups in total. The number of hydrogen-bond acceptors (Lipinski definition) is 2. The summed E-state index contributed by atoms with van der Waals surface area (Å²) in [6, 6.07) is 2.75. The highest BCUT2D eigenvalue weighted by atomic mass is 127. The van der Waals surface area contributed by atoms with Gasteiger partial charge in [0.05, 0.1) is 5.69 Å². The third kappa shape index (κ3) is 2.03. The molecule has 0 spiro atoms. The smallest absolute Gasteiger partial charge is 0.279 e. The molecule has 0 bridgehead atoms. The van der Waals surface area contributed by atoms with Crippen molar-refractivity contribution in [1.29, 1.82) is 5.26 Å². The lowest BCUT2D eigenvalue weighted by atomic mass is 10.2. The van der Waals surface area contributed by atoms with Crippen LogP contribution in [0.15, 0.2) is 10.9 Å². The van der Waals surface area contributed by atoms with Crippen LogP contribution in [0.3, 0.4) is 0 Å². The lowest BCUT2D eigenvalue weighted by molar-refractivity contribution is 0.144. The molecule has 1 rings (SSSR count). The van der Waals surface area contributed by atoms with Gasteiger partial charge in [0.25, 0.3) is 12.0 Å². The van der Waals surface area contributed by atoms with Crippen LogP contribution in [0.2, 0.25) is 0 Å². The molecular formula is C7H3F2IN2O. The second-order valence-electron chi connectivity index (χ2n) is 2.19. The zero-order valence-corrected chi connectivity index (χ0v) is 8.30. The lowest BCUT2D eigenvalue weighted by Crippen LogP contribution is -2.14. The van der Waals surface area contributed by atoms with Crippen molar-refractivity contribution in [1.82, 2.24) is 4.98 Å². The van der Waals surface area contributed by atoms with Crippen LogP contribution in [-0.2, 0) is 0 Å². The van der Waals surface area contributed by atoms with Crippen LogP contribution >= 0.6 is 22.6 Å². The molecule has 3 nitrogen and oxygen atoms in total. The number of aromatic amines is 1. The minimum absolute atomic E-state index is 0.159. The van der Waals surface area contributed by atoms with Crippen molar-refractivity contribution in [2.75, 3.05) is 0 Å². The molecule has 13 heavy (non-hydrogen) atoms. The first kappa shape index (κ1) is 10.1. The van der Waals surface area contributed by atoms with Crippen molar-refractivity contribution >= 4 is 22.6 Å². The van der Waals surface area contributed by atoms with Gasteiger partial charge in [0.15, 0.2) is 0 Å². The Morgan fingerprint density at radius 1 is 1.62 bits per heavy atom. The standard InChI is InChI=1S/C7H3F2IN2O/c8-6(9)5-4(10)1-3(2-11)7(13)12-5/h1,6H,(H,12,13). The Balaban J connectivity index is 3.40. The number of nitrogens with zero attached hydrogens (tertiary/aromatic N) is 1. The fourth-order valence-corrected chi connectivity index (χ4v) is 1.44. The van der Waals surface area contributed by atoms with Gasteiger partial charge in [-0.05, 0) is 28.7 Å². The second kappa shape index (κ2) is 3.83. The van der Waals surface area contributed by atoms with E-state index in [1.165, 1.54) is 0 Å². The first-order valence-electron chi connectivity index (χ1n) is 3.17. The molecule has 0 fully saturated rings. The predicted molar refractivity (Wildman–Crippen MR) is 49.5 cm³/mol. The number of alkyl halides is 2. The van der Waals surface area contributed by atoms with E-state index in [-0.39, 0.29) is 9.13 Å². The molecule has 0 unspecified atom stereocenters. The number of rotatable bonds is 1. The predicted octanol–water partition coefficient (Wildman–Crippen LogP) is 1.79. The molecule has 0 amide bonds. The van der Waals surface area contributed by atoms with Crippen LogP contribution in [0.4, 0.5) is 8.78 Å². The van der Waals surface area contributed by atoms with Gasteiger partial charge in [-0.3, -0.25) is 4.79 Å². The fourth-order valence-electron chi connectivity index (χ4n) is 0.761. The highest BCUT2D eigenvalue weighted by Gasteiger charge is 2.14. The van der Waals surface area contributed by atoms with Crippen molar-refractivity contribution < 1.29 is 8.78 Å². The number of hydrogen-bond donors (Lipinski definition) is 1. The largest absolute Gasteiger partial charge is 0.319 e.